The van der Waals surface area contributed by atoms with E-state index >= 15 is 0 Å². The van der Waals surface area contributed by atoms with Crippen LogP contribution in [0, 0.1) is 140 Å². The monoisotopic (exact) mass is 1090 g/mol. The molecule has 0 saturated carbocycles. The van der Waals surface area contributed by atoms with E-state index in [-0.39, 0.29) is 16.5 Å². The number of likely N-dealkylation sites (N-methyl/N-ethyl adjacent to an activating group) is 1. The second-order valence-electron chi connectivity index (χ2n) is 20.3. The number of non-ortho nitro benzene ring substituents is 1. The van der Waals surface area contributed by atoms with Gasteiger partial charge < -0.3 is 14.4 Å². The molecule has 0 N–H and O–H groups in total. The maximum Gasteiger partial charge on any atom is 0.273 e. The maximum absolute atomic E-state index is 11.9. The minimum absolute atomic E-state index is 0.0182. The number of nitrogens with zero attached hydrogens (tertiary/aromatic N) is 4. The molecule has 0 aliphatic carbocycles. The predicted molar refractivity (Wildman–Crippen MR) is 339 cm³/mol. The van der Waals surface area contributed by atoms with Gasteiger partial charge in [0.15, 0.2) is 5.75 Å². The van der Waals surface area contributed by atoms with Crippen LogP contribution in [0.25, 0.3) is 0 Å². The molecule has 0 saturated heterocycles. The Kier molecular flexibility index (Phi) is 44.8. The van der Waals surface area contributed by atoms with Crippen molar-refractivity contribution in [2.45, 2.75) is 221 Å². The van der Waals surface area contributed by atoms with Crippen molar-refractivity contribution in [3.8, 4) is 124 Å². The number of nitro benzene ring substituents is 1. The Balaban J connectivity index is 2.05. The Labute approximate surface area is 492 Å². The number of unbranched alkanes of at least 4 members (excludes halogenated alkanes) is 23. The molecular formula is C73H92N4O4. The van der Waals surface area contributed by atoms with Crippen LogP contribution in [-0.4, -0.2) is 37.8 Å². The fourth-order valence-corrected chi connectivity index (χ4v) is 8.95. The summed E-state index contributed by atoms with van der Waals surface area (Å²) >= 11 is 0. The van der Waals surface area contributed by atoms with Crippen LogP contribution >= 0.6 is 0 Å². The first-order valence-electron chi connectivity index (χ1n) is 30.6. The summed E-state index contributed by atoms with van der Waals surface area (Å²) < 4.78 is 12.7. The van der Waals surface area contributed by atoms with Crippen LogP contribution in [-0.2, 0) is 4.74 Å². The van der Waals surface area contributed by atoms with E-state index in [0.717, 1.165) is 37.9 Å². The smallest absolute Gasteiger partial charge is 0.273 e. The molecule has 0 aliphatic rings. The number of hydrogen-bond acceptors (Lipinski definition) is 7. The lowest BCUT2D eigenvalue weighted by atomic mass is 9.94. The second-order valence-corrected chi connectivity index (χ2v) is 20.3. The molecule has 0 amide bonds. The summed E-state index contributed by atoms with van der Waals surface area (Å²) in [5.41, 5.74) is 2.19. The van der Waals surface area contributed by atoms with E-state index in [1.54, 1.807) is 13.0 Å². The normalized spacial score (nSPS) is 10.5. The highest BCUT2D eigenvalue weighted by molar-refractivity contribution is 5.58. The number of rotatable bonds is 42. The third-order valence-corrected chi connectivity index (χ3v) is 13.6. The van der Waals surface area contributed by atoms with Crippen LogP contribution < -0.4 is 9.64 Å². The summed E-state index contributed by atoms with van der Waals surface area (Å²) in [6.45, 7) is 13.7. The minimum atomic E-state index is -0.379. The number of anilines is 1. The Hall–Kier alpha value is -7.40. The number of hydrogen-bond donors (Lipinski definition) is 0. The van der Waals surface area contributed by atoms with Crippen molar-refractivity contribution in [3.63, 3.8) is 0 Å². The van der Waals surface area contributed by atoms with Crippen molar-refractivity contribution in [1.29, 1.82) is 0 Å². The van der Waals surface area contributed by atoms with Gasteiger partial charge in [0.25, 0.3) is 5.69 Å². The van der Waals surface area contributed by atoms with Crippen LogP contribution in [0.2, 0.25) is 0 Å². The topological polar surface area (TPSA) is 89.6 Å². The standard InChI is InChI=1S/C73H92N4O4/c1-6-11-15-19-23-27-29-30-31-32-33-34-35-36-37-39-42-45-49-53-67(52-48-44-40-25-21-17-13-8-3)65-80-63-62-76(10-5)70-58-56-69(57-59-70)74-75-72-61-60-71(77(78)79)64-73(72)81-66-68(54-50-46-41-26-22-18-14-9-4)55-51-47-43-38-28-24-20-16-12-7-2/h56-61,64,67-68H,7-10,12-14,16-18,20-22,24-26,28,38,40-41,43-44,46-48,50-52,54-55,62-63,65-66H2,1-5H3. The molecule has 8 nitrogen and oxygen atoms in total. The zero-order valence-corrected chi connectivity index (χ0v) is 50.2. The number of ether oxygens (including phenoxy) is 2. The molecule has 2 atom stereocenters. The first kappa shape index (κ1) is 69.7. The van der Waals surface area contributed by atoms with E-state index in [0.29, 0.717) is 49.4 Å². The molecule has 81 heavy (non-hydrogen) atoms. The zero-order valence-electron chi connectivity index (χ0n) is 50.2. The van der Waals surface area contributed by atoms with Gasteiger partial charge in [-0.1, -0.05) is 200 Å². The molecule has 0 fully saturated rings. The Bertz CT molecular complexity index is 2770. The Morgan fingerprint density at radius 3 is 1.35 bits per heavy atom. The van der Waals surface area contributed by atoms with Crippen LogP contribution in [0.5, 0.6) is 5.75 Å². The number of nitro groups is 1. The Morgan fingerprint density at radius 1 is 0.494 bits per heavy atom. The van der Waals surface area contributed by atoms with Gasteiger partial charge >= 0.3 is 0 Å². The summed E-state index contributed by atoms with van der Waals surface area (Å²) in [6.07, 6.45) is 36.5. The number of benzene rings is 2. The average molecular weight is 1090 g/mol. The third-order valence-electron chi connectivity index (χ3n) is 13.6. The third kappa shape index (κ3) is 39.6. The highest BCUT2D eigenvalue weighted by atomic mass is 16.6. The fraction of sp³-hybridized carbons (Fsp3) is 0.562. The van der Waals surface area contributed by atoms with Crippen molar-refractivity contribution in [3.05, 3.63) is 52.6 Å². The lowest BCUT2D eigenvalue weighted by molar-refractivity contribution is -0.384. The van der Waals surface area contributed by atoms with Gasteiger partial charge in [0.05, 0.1) is 36.5 Å². The van der Waals surface area contributed by atoms with E-state index in [2.05, 4.69) is 161 Å². The van der Waals surface area contributed by atoms with Crippen molar-refractivity contribution >= 4 is 22.7 Å². The summed E-state index contributed by atoms with van der Waals surface area (Å²) in [7, 11) is 0. The molecule has 0 bridgehead atoms. The van der Waals surface area contributed by atoms with Gasteiger partial charge in [-0.2, -0.15) is 5.11 Å². The molecule has 0 aliphatic heterocycles. The first-order chi connectivity index (χ1) is 39.9. The molecular weight excluding hydrogens is 997 g/mol. The lowest BCUT2D eigenvalue weighted by Gasteiger charge is -2.23. The molecule has 8 heteroatoms. The molecule has 2 aromatic rings. The lowest BCUT2D eigenvalue weighted by Crippen LogP contribution is -2.27. The van der Waals surface area contributed by atoms with E-state index in [1.807, 2.05) is 24.3 Å². The van der Waals surface area contributed by atoms with E-state index < -0.39 is 0 Å². The summed E-state index contributed by atoms with van der Waals surface area (Å²) in [5.74, 6) is 54.5. The van der Waals surface area contributed by atoms with Crippen molar-refractivity contribution in [2.24, 2.45) is 22.1 Å². The van der Waals surface area contributed by atoms with Gasteiger partial charge in [0, 0.05) is 42.6 Å². The van der Waals surface area contributed by atoms with Gasteiger partial charge in [-0.3, -0.25) is 10.1 Å². The molecule has 0 heterocycles. The summed E-state index contributed by atoms with van der Waals surface area (Å²) in [5, 5.41) is 21.0. The highest BCUT2D eigenvalue weighted by Gasteiger charge is 2.16. The number of azo groups is 1. The van der Waals surface area contributed by atoms with Gasteiger partial charge in [0.2, 0.25) is 0 Å². The summed E-state index contributed by atoms with van der Waals surface area (Å²) in [4.78, 5) is 13.8. The van der Waals surface area contributed by atoms with Gasteiger partial charge in [0.1, 0.15) is 5.69 Å². The van der Waals surface area contributed by atoms with Crippen LogP contribution in [0.4, 0.5) is 22.7 Å². The van der Waals surface area contributed by atoms with E-state index in [1.165, 1.54) is 173 Å². The summed E-state index contributed by atoms with van der Waals surface area (Å²) in [6, 6.07) is 12.6. The van der Waals surface area contributed by atoms with E-state index in [9.17, 15) is 10.1 Å². The van der Waals surface area contributed by atoms with E-state index in [4.69, 9.17) is 9.47 Å². The quantitative estimate of drug-likeness (QED) is 0.0217. The van der Waals surface area contributed by atoms with Gasteiger partial charge in [-0.15, -0.1) is 5.11 Å². The predicted octanol–water partition coefficient (Wildman–Crippen LogP) is 17.9. The molecule has 2 unspecified atom stereocenters. The molecule has 2 aromatic carbocycles. The Morgan fingerprint density at radius 2 is 0.914 bits per heavy atom. The minimum Gasteiger partial charge on any atom is -0.491 e. The highest BCUT2D eigenvalue weighted by Crippen LogP contribution is 2.34. The SMILES string of the molecule is CC#CC#CC#CC#CC#CC#CC#CC#CC#CC#CC(CCCCCCCCCC)COCCN(CC)c1ccc(N=Nc2ccc([N+](=O)[O-])cc2OCC(CCCCCCCCCC)CCCCCCCCCCCC)cc1. The van der Waals surface area contributed by atoms with Crippen molar-refractivity contribution in [2.75, 3.05) is 37.8 Å². The fourth-order valence-electron chi connectivity index (χ4n) is 8.95. The average Bonchev–Trinajstić information content (AvgIpc) is 3.54. The first-order valence-corrected chi connectivity index (χ1v) is 30.6. The largest absolute Gasteiger partial charge is 0.491 e. The van der Waals surface area contributed by atoms with Crippen LogP contribution in [0.1, 0.15) is 221 Å². The van der Waals surface area contributed by atoms with Crippen LogP contribution in [0.3, 0.4) is 0 Å². The molecule has 2 rings (SSSR count). The van der Waals surface area contributed by atoms with Gasteiger partial charge in [-0.05, 0) is 164 Å². The molecule has 428 valence electrons. The molecule has 0 aromatic heterocycles. The molecule has 0 radical (unpaired) electrons. The second kappa shape index (κ2) is 52.0. The van der Waals surface area contributed by atoms with Crippen molar-refractivity contribution < 1.29 is 14.4 Å². The van der Waals surface area contributed by atoms with Crippen molar-refractivity contribution in [1.82, 2.24) is 0 Å². The van der Waals surface area contributed by atoms with Crippen LogP contribution in [0.15, 0.2) is 52.7 Å². The molecule has 0 spiro atoms. The van der Waals surface area contributed by atoms with Gasteiger partial charge in [-0.25, -0.2) is 0 Å². The maximum atomic E-state index is 11.9. The zero-order chi connectivity index (χ0) is 58.2.